The molecule has 1 aliphatic heterocycles. The Morgan fingerprint density at radius 3 is 2.80 bits per heavy atom. The van der Waals surface area contributed by atoms with E-state index in [9.17, 15) is 15.0 Å². The molecular formula is C22H21ClN8O3S. The maximum atomic E-state index is 12.2. The first kappa shape index (κ1) is 23.4. The fraction of sp³-hybridized carbons (Fsp3) is 0.273. The molecular weight excluding hydrogens is 492 g/mol. The Morgan fingerprint density at radius 2 is 2.06 bits per heavy atom. The first-order valence-electron chi connectivity index (χ1n) is 10.7. The van der Waals surface area contributed by atoms with Crippen molar-refractivity contribution in [3.8, 4) is 11.4 Å². The molecule has 13 heteroatoms. The Morgan fingerprint density at radius 1 is 1.20 bits per heavy atom. The Balaban J connectivity index is 1.57. The van der Waals surface area contributed by atoms with Crippen LogP contribution >= 0.6 is 23.4 Å². The average Bonchev–Trinajstić information content (AvgIpc) is 3.43. The summed E-state index contributed by atoms with van der Waals surface area (Å²) >= 11 is 7.23. The second-order valence-corrected chi connectivity index (χ2v) is 9.52. The van der Waals surface area contributed by atoms with Crippen molar-refractivity contribution in [2.75, 3.05) is 12.4 Å². The number of nitrogens with one attached hydrogen (secondary N) is 2. The van der Waals surface area contributed by atoms with E-state index in [4.69, 9.17) is 16.6 Å². The second kappa shape index (κ2) is 9.74. The minimum Gasteiger partial charge on any atom is -0.389 e. The molecule has 4 atom stereocenters. The number of pyridine rings is 2. The lowest BCUT2D eigenvalue weighted by atomic mass is 10.1. The summed E-state index contributed by atoms with van der Waals surface area (Å²) in [5.41, 5.74) is 2.30. The summed E-state index contributed by atoms with van der Waals surface area (Å²) in [5.74, 6) is 0.487. The highest BCUT2D eigenvalue weighted by molar-refractivity contribution is 8.01. The van der Waals surface area contributed by atoms with Gasteiger partial charge in [0.05, 0.1) is 18.6 Å². The lowest BCUT2D eigenvalue weighted by Crippen LogP contribution is -2.39. The van der Waals surface area contributed by atoms with Gasteiger partial charge in [-0.05, 0) is 24.3 Å². The van der Waals surface area contributed by atoms with Crippen molar-refractivity contribution in [3.05, 3.63) is 59.9 Å². The maximum Gasteiger partial charge on any atom is 0.235 e. The molecule has 5 rings (SSSR count). The second-order valence-electron chi connectivity index (χ2n) is 7.82. The van der Waals surface area contributed by atoms with Crippen molar-refractivity contribution in [2.24, 2.45) is 0 Å². The third-order valence-electron chi connectivity index (χ3n) is 5.57. The van der Waals surface area contributed by atoms with Crippen LogP contribution in [0, 0.1) is 0 Å². The van der Waals surface area contributed by atoms with Crippen LogP contribution in [0.2, 0.25) is 5.02 Å². The maximum absolute atomic E-state index is 12.2. The van der Waals surface area contributed by atoms with E-state index in [1.807, 2.05) is 6.07 Å². The third-order valence-corrected chi connectivity index (χ3v) is 7.38. The smallest absolute Gasteiger partial charge is 0.235 e. The highest BCUT2D eigenvalue weighted by atomic mass is 35.5. The highest BCUT2D eigenvalue weighted by Crippen LogP contribution is 2.43. The largest absolute Gasteiger partial charge is 0.389 e. The summed E-state index contributed by atoms with van der Waals surface area (Å²) in [4.78, 5) is 34.5. The molecule has 35 heavy (non-hydrogen) atoms. The summed E-state index contributed by atoms with van der Waals surface area (Å²) in [7, 11) is 1.49. The van der Waals surface area contributed by atoms with Gasteiger partial charge in [0.25, 0.3) is 0 Å². The summed E-state index contributed by atoms with van der Waals surface area (Å²) in [6.45, 7) is 0.338. The van der Waals surface area contributed by atoms with Crippen LogP contribution in [-0.2, 0) is 11.3 Å². The molecule has 1 amide bonds. The molecule has 0 radical (unpaired) electrons. The molecule has 1 saturated heterocycles. The van der Waals surface area contributed by atoms with Crippen LogP contribution in [0.1, 0.15) is 11.1 Å². The molecule has 0 unspecified atom stereocenters. The van der Waals surface area contributed by atoms with Crippen molar-refractivity contribution in [3.63, 3.8) is 0 Å². The summed E-state index contributed by atoms with van der Waals surface area (Å²) < 4.78 is 1.65. The highest BCUT2D eigenvalue weighted by Gasteiger charge is 2.47. The number of rotatable bonds is 6. The van der Waals surface area contributed by atoms with Crippen LogP contribution in [0.25, 0.3) is 22.6 Å². The summed E-state index contributed by atoms with van der Waals surface area (Å²) in [6, 6.07) is 7.06. The molecule has 5 heterocycles. The van der Waals surface area contributed by atoms with Gasteiger partial charge in [-0.2, -0.15) is 0 Å². The van der Waals surface area contributed by atoms with Crippen LogP contribution in [0.4, 0.5) is 5.82 Å². The van der Waals surface area contributed by atoms with Crippen molar-refractivity contribution in [1.29, 1.82) is 0 Å². The number of carbonyl (C=O) groups is 1. The zero-order valence-electron chi connectivity index (χ0n) is 18.4. The number of amides is 1. The number of imidazole rings is 1. The Bertz CT molecular complexity index is 1370. The van der Waals surface area contributed by atoms with Gasteiger partial charge in [0.2, 0.25) is 5.91 Å². The van der Waals surface area contributed by atoms with Gasteiger partial charge in [-0.1, -0.05) is 11.6 Å². The molecule has 0 aliphatic carbocycles. The monoisotopic (exact) mass is 512 g/mol. The Labute approximate surface area is 209 Å². The van der Waals surface area contributed by atoms with Gasteiger partial charge in [-0.3, -0.25) is 19.3 Å². The van der Waals surface area contributed by atoms with Gasteiger partial charge >= 0.3 is 0 Å². The molecule has 4 aromatic heterocycles. The molecule has 1 fully saturated rings. The molecule has 180 valence electrons. The number of aromatic nitrogens is 6. The van der Waals surface area contributed by atoms with Crippen LogP contribution in [-0.4, -0.2) is 70.1 Å². The Kier molecular flexibility index (Phi) is 6.52. The number of nitrogens with zero attached hydrogens (tertiary/aromatic N) is 6. The predicted molar refractivity (Wildman–Crippen MR) is 132 cm³/mol. The van der Waals surface area contributed by atoms with Gasteiger partial charge in [0.1, 0.15) is 22.8 Å². The number of aliphatic hydroxyl groups is 2. The number of thioether (sulfide) groups is 1. The molecule has 0 bridgehead atoms. The number of carbonyl (C=O) groups excluding carboxylic acids is 1. The van der Waals surface area contributed by atoms with E-state index in [0.29, 0.717) is 45.6 Å². The number of halogens is 1. The normalized spacial score (nSPS) is 21.8. The fourth-order valence-electron chi connectivity index (χ4n) is 3.82. The molecule has 0 aromatic carbocycles. The molecule has 1 aliphatic rings. The SMILES string of the molecule is CNC(=O)[C@H]1S[C@@H](n2cnc3c(NCc4cc(Cl)ccn4)nc(-c4cccnc4)nc32)[C@H](O)[C@@H]1O. The van der Waals surface area contributed by atoms with E-state index in [1.54, 1.807) is 41.4 Å². The number of aliphatic hydroxyl groups excluding tert-OH is 2. The first-order chi connectivity index (χ1) is 17.0. The lowest BCUT2D eigenvalue weighted by molar-refractivity contribution is -0.122. The molecule has 4 aromatic rings. The van der Waals surface area contributed by atoms with E-state index < -0.39 is 22.8 Å². The predicted octanol–water partition coefficient (Wildman–Crippen LogP) is 1.63. The van der Waals surface area contributed by atoms with Gasteiger partial charge < -0.3 is 20.8 Å². The van der Waals surface area contributed by atoms with Crippen molar-refractivity contribution < 1.29 is 15.0 Å². The number of fused-ring (bicyclic) bond motifs is 1. The molecule has 0 spiro atoms. The molecule has 11 nitrogen and oxygen atoms in total. The van der Waals surface area contributed by atoms with Gasteiger partial charge in [-0.25, -0.2) is 15.0 Å². The van der Waals surface area contributed by atoms with Crippen molar-refractivity contribution in [2.45, 2.75) is 29.4 Å². The van der Waals surface area contributed by atoms with E-state index >= 15 is 0 Å². The van der Waals surface area contributed by atoms with Crippen LogP contribution in [0.15, 0.2) is 49.2 Å². The van der Waals surface area contributed by atoms with Gasteiger partial charge in [-0.15, -0.1) is 11.8 Å². The van der Waals surface area contributed by atoms with E-state index in [0.717, 1.165) is 11.8 Å². The summed E-state index contributed by atoms with van der Waals surface area (Å²) in [6.07, 6.45) is 4.00. The number of anilines is 1. The van der Waals surface area contributed by atoms with Crippen molar-refractivity contribution >= 4 is 46.3 Å². The molecule has 0 saturated carbocycles. The first-order valence-corrected chi connectivity index (χ1v) is 12.0. The zero-order valence-corrected chi connectivity index (χ0v) is 20.0. The minimum atomic E-state index is -1.24. The van der Waals surface area contributed by atoms with Gasteiger partial charge in [0.15, 0.2) is 22.8 Å². The van der Waals surface area contributed by atoms with Crippen molar-refractivity contribution in [1.82, 2.24) is 34.8 Å². The van der Waals surface area contributed by atoms with Crippen LogP contribution < -0.4 is 10.6 Å². The molecule has 4 N–H and O–H groups in total. The quantitative estimate of drug-likeness (QED) is 0.300. The third kappa shape index (κ3) is 4.52. The average molecular weight is 513 g/mol. The van der Waals surface area contributed by atoms with Crippen LogP contribution in [0.5, 0.6) is 0 Å². The van der Waals surface area contributed by atoms with Crippen LogP contribution in [0.3, 0.4) is 0 Å². The minimum absolute atomic E-state index is 0.338. The zero-order chi connectivity index (χ0) is 24.5. The van der Waals surface area contributed by atoms with E-state index in [1.165, 1.54) is 13.4 Å². The lowest BCUT2D eigenvalue weighted by Gasteiger charge is -2.17. The standard InChI is InChI=1S/C22H21ClN8O3S/c1-24-21(34)17-15(32)16(33)22(35-17)31-10-28-14-19(27-9-13-7-12(23)4-6-26-13)29-18(30-20(14)31)11-3-2-5-25-8-11/h2-8,10,15-17,22,32-33H,9H2,1H3,(H,24,34)(H,27,29,30)/t15-,16+,17-,22+/m0/s1. The summed E-state index contributed by atoms with van der Waals surface area (Å²) in [5, 5.41) is 26.1. The number of hydrogen-bond donors (Lipinski definition) is 4. The van der Waals surface area contributed by atoms with Gasteiger partial charge in [0, 0.05) is 36.2 Å². The van der Waals surface area contributed by atoms with E-state index in [-0.39, 0.29) is 5.91 Å². The topological polar surface area (TPSA) is 151 Å². The Hall–Kier alpha value is -3.32. The fourth-order valence-corrected chi connectivity index (χ4v) is 5.47. The van der Waals surface area contributed by atoms with E-state index in [2.05, 4.69) is 30.6 Å². The number of hydrogen-bond acceptors (Lipinski definition) is 10.